The minimum absolute atomic E-state index is 0.0623. The van der Waals surface area contributed by atoms with Gasteiger partial charge < -0.3 is 14.3 Å². The lowest BCUT2D eigenvalue weighted by atomic mass is 10.0. The summed E-state index contributed by atoms with van der Waals surface area (Å²) in [5.41, 5.74) is 2.26. The van der Waals surface area contributed by atoms with Gasteiger partial charge in [-0.15, -0.1) is 0 Å². The summed E-state index contributed by atoms with van der Waals surface area (Å²) in [6, 6.07) is 13.2. The predicted octanol–water partition coefficient (Wildman–Crippen LogP) is 3.77. The fraction of sp³-hybridized carbons (Fsp3) is 0.176. The van der Waals surface area contributed by atoms with E-state index in [9.17, 15) is 9.59 Å². The average Bonchev–Trinajstić information content (AvgIpc) is 2.91. The highest BCUT2D eigenvalue weighted by Crippen LogP contribution is 2.34. The molecule has 0 atom stereocenters. The van der Waals surface area contributed by atoms with Gasteiger partial charge >= 0.3 is 10.9 Å². The lowest BCUT2D eigenvalue weighted by Gasteiger charge is -2.08. The number of carboxylic acid groups (broad SMARTS) is 1. The van der Waals surface area contributed by atoms with Gasteiger partial charge in [-0.1, -0.05) is 41.7 Å². The van der Waals surface area contributed by atoms with Crippen molar-refractivity contribution in [3.05, 3.63) is 52.2 Å². The Labute approximate surface area is 135 Å². The minimum atomic E-state index is -0.845. The van der Waals surface area contributed by atoms with E-state index in [1.807, 2.05) is 36.4 Å². The molecule has 0 saturated carbocycles. The second-order valence-corrected chi connectivity index (χ2v) is 5.94. The van der Waals surface area contributed by atoms with Crippen LogP contribution in [0.3, 0.4) is 0 Å². The van der Waals surface area contributed by atoms with Gasteiger partial charge in [-0.25, -0.2) is 4.79 Å². The molecule has 6 heteroatoms. The molecule has 5 nitrogen and oxygen atoms in total. The number of rotatable bonds is 6. The third-order valence-electron chi connectivity index (χ3n) is 3.30. The van der Waals surface area contributed by atoms with Crippen LogP contribution in [-0.2, 0) is 4.79 Å². The summed E-state index contributed by atoms with van der Waals surface area (Å²) in [6.07, 6.45) is 0.489. The Morgan fingerprint density at radius 2 is 2.00 bits per heavy atom. The van der Waals surface area contributed by atoms with Crippen molar-refractivity contribution in [3.63, 3.8) is 0 Å². The number of carbonyl (C=O) groups is 1. The molecule has 0 amide bonds. The number of hydrogen-bond donors (Lipinski definition) is 1. The summed E-state index contributed by atoms with van der Waals surface area (Å²) >= 11 is 1.02. The molecule has 0 fully saturated rings. The van der Waals surface area contributed by atoms with E-state index in [2.05, 4.69) is 0 Å². The first kappa shape index (κ1) is 15.3. The standard InChI is InChI=1S/C17H14O5S/c18-15(19)7-4-8-21-12-9-13(11-5-2-1-3-6-11)16-14(10-12)23-17(20)22-16/h1-3,5-6,9-10H,4,7-8H2,(H,18,19). The molecule has 1 heterocycles. The molecule has 0 bridgehead atoms. The fourth-order valence-corrected chi connectivity index (χ4v) is 3.00. The molecule has 0 aliphatic rings. The molecular formula is C17H14O5S. The van der Waals surface area contributed by atoms with Crippen molar-refractivity contribution < 1.29 is 19.1 Å². The molecule has 0 aliphatic heterocycles. The molecule has 0 saturated heterocycles. The number of carboxylic acids is 1. The normalized spacial score (nSPS) is 10.8. The SMILES string of the molecule is O=C(O)CCCOc1cc(-c2ccccc2)c2oc(=O)sc2c1. The summed E-state index contributed by atoms with van der Waals surface area (Å²) in [4.78, 5) is 21.7. The Balaban J connectivity index is 1.94. The molecule has 0 spiro atoms. The van der Waals surface area contributed by atoms with Crippen molar-refractivity contribution in [3.8, 4) is 16.9 Å². The predicted molar refractivity (Wildman–Crippen MR) is 88.2 cm³/mol. The number of benzene rings is 2. The maximum Gasteiger partial charge on any atom is 0.396 e. The topological polar surface area (TPSA) is 76.7 Å². The van der Waals surface area contributed by atoms with E-state index in [-0.39, 0.29) is 11.4 Å². The Morgan fingerprint density at radius 3 is 2.74 bits per heavy atom. The molecule has 0 unspecified atom stereocenters. The average molecular weight is 330 g/mol. The quantitative estimate of drug-likeness (QED) is 0.696. The lowest BCUT2D eigenvalue weighted by Crippen LogP contribution is -2.02. The number of fused-ring (bicyclic) bond motifs is 1. The molecule has 1 N–H and O–H groups in total. The van der Waals surface area contributed by atoms with E-state index in [0.717, 1.165) is 22.5 Å². The van der Waals surface area contributed by atoms with Gasteiger partial charge in [0.05, 0.1) is 11.3 Å². The second-order valence-electron chi connectivity index (χ2n) is 4.96. The zero-order valence-electron chi connectivity index (χ0n) is 12.2. The Kier molecular flexibility index (Phi) is 4.43. The van der Waals surface area contributed by atoms with Crippen LogP contribution in [0.1, 0.15) is 12.8 Å². The third kappa shape index (κ3) is 3.60. The van der Waals surface area contributed by atoms with Gasteiger partial charge in [0.25, 0.3) is 0 Å². The highest BCUT2D eigenvalue weighted by Gasteiger charge is 2.12. The highest BCUT2D eigenvalue weighted by atomic mass is 32.1. The van der Waals surface area contributed by atoms with Gasteiger partial charge in [0.2, 0.25) is 0 Å². The Morgan fingerprint density at radius 1 is 1.22 bits per heavy atom. The molecule has 0 radical (unpaired) electrons. The van der Waals surface area contributed by atoms with Crippen LogP contribution in [0, 0.1) is 0 Å². The van der Waals surface area contributed by atoms with Gasteiger partial charge in [-0.2, -0.15) is 0 Å². The Hall–Kier alpha value is -2.60. The molecule has 0 aliphatic carbocycles. The van der Waals surface area contributed by atoms with Crippen LogP contribution in [-0.4, -0.2) is 17.7 Å². The van der Waals surface area contributed by atoms with Crippen LogP contribution in [0.25, 0.3) is 21.4 Å². The van der Waals surface area contributed by atoms with Crippen LogP contribution in [0.15, 0.2) is 51.7 Å². The zero-order chi connectivity index (χ0) is 16.2. The monoisotopic (exact) mass is 330 g/mol. The number of aliphatic carboxylic acids is 1. The van der Waals surface area contributed by atoms with Crippen molar-refractivity contribution in [2.24, 2.45) is 0 Å². The summed E-state index contributed by atoms with van der Waals surface area (Å²) in [6.45, 7) is 0.304. The van der Waals surface area contributed by atoms with Crippen LogP contribution in [0.2, 0.25) is 0 Å². The van der Waals surface area contributed by atoms with Crippen molar-refractivity contribution in [1.29, 1.82) is 0 Å². The molecule has 118 valence electrons. The molecule has 1 aromatic heterocycles. The minimum Gasteiger partial charge on any atom is -0.494 e. The Bertz CT molecular complexity index is 879. The fourth-order valence-electron chi connectivity index (χ4n) is 2.28. The summed E-state index contributed by atoms with van der Waals surface area (Å²) < 4.78 is 11.6. The van der Waals surface area contributed by atoms with Crippen LogP contribution >= 0.6 is 11.3 Å². The summed E-state index contributed by atoms with van der Waals surface area (Å²) in [7, 11) is 0. The van der Waals surface area contributed by atoms with Crippen LogP contribution < -0.4 is 9.68 Å². The van der Waals surface area contributed by atoms with E-state index in [1.54, 1.807) is 6.07 Å². The van der Waals surface area contributed by atoms with E-state index in [1.165, 1.54) is 0 Å². The lowest BCUT2D eigenvalue weighted by molar-refractivity contribution is -0.137. The second kappa shape index (κ2) is 6.66. The van der Waals surface area contributed by atoms with E-state index < -0.39 is 5.97 Å². The molecule has 3 aromatic rings. The van der Waals surface area contributed by atoms with Crippen molar-refractivity contribution in [2.45, 2.75) is 12.8 Å². The summed E-state index contributed by atoms with van der Waals surface area (Å²) in [5.74, 6) is -0.249. The van der Waals surface area contributed by atoms with Gasteiger partial charge in [-0.05, 0) is 18.1 Å². The van der Waals surface area contributed by atoms with Crippen LogP contribution in [0.4, 0.5) is 0 Å². The van der Waals surface area contributed by atoms with Crippen molar-refractivity contribution in [1.82, 2.24) is 0 Å². The van der Waals surface area contributed by atoms with Gasteiger partial charge in [-0.3, -0.25) is 4.79 Å². The number of hydrogen-bond acceptors (Lipinski definition) is 5. The smallest absolute Gasteiger partial charge is 0.396 e. The van der Waals surface area contributed by atoms with Gasteiger partial charge in [0, 0.05) is 18.1 Å². The number of ether oxygens (including phenoxy) is 1. The zero-order valence-corrected chi connectivity index (χ0v) is 13.0. The van der Waals surface area contributed by atoms with Crippen molar-refractivity contribution in [2.75, 3.05) is 6.61 Å². The van der Waals surface area contributed by atoms with Gasteiger partial charge in [0.1, 0.15) is 5.75 Å². The van der Waals surface area contributed by atoms with E-state index in [0.29, 0.717) is 29.1 Å². The van der Waals surface area contributed by atoms with Gasteiger partial charge in [0.15, 0.2) is 5.58 Å². The molecule has 23 heavy (non-hydrogen) atoms. The first-order chi connectivity index (χ1) is 11.1. The maximum atomic E-state index is 11.6. The first-order valence-corrected chi connectivity index (χ1v) is 7.93. The van der Waals surface area contributed by atoms with E-state index in [4.69, 9.17) is 14.3 Å². The van der Waals surface area contributed by atoms with Crippen molar-refractivity contribution >= 4 is 27.6 Å². The molecular weight excluding hydrogens is 316 g/mol. The molecule has 2 aromatic carbocycles. The molecule has 3 rings (SSSR count). The third-order valence-corrected chi connectivity index (χ3v) is 4.07. The summed E-state index contributed by atoms with van der Waals surface area (Å²) in [5, 5.41) is 8.65. The highest BCUT2D eigenvalue weighted by molar-refractivity contribution is 7.16. The van der Waals surface area contributed by atoms with E-state index >= 15 is 0 Å². The maximum absolute atomic E-state index is 11.6. The largest absolute Gasteiger partial charge is 0.494 e. The first-order valence-electron chi connectivity index (χ1n) is 7.11. The van der Waals surface area contributed by atoms with Crippen LogP contribution in [0.5, 0.6) is 5.75 Å².